The van der Waals surface area contributed by atoms with Crippen molar-refractivity contribution in [1.82, 2.24) is 4.72 Å². The van der Waals surface area contributed by atoms with E-state index >= 15 is 0 Å². The molecule has 3 rings (SSSR count). The maximum absolute atomic E-state index is 12.5. The highest BCUT2D eigenvalue weighted by molar-refractivity contribution is 7.89. The number of halogens is 1. The van der Waals surface area contributed by atoms with E-state index in [0.29, 0.717) is 5.56 Å². The Morgan fingerprint density at radius 3 is 2.54 bits per heavy atom. The number of rotatable bonds is 2. The third kappa shape index (κ3) is 2.50. The molecule has 24 heavy (non-hydrogen) atoms. The van der Waals surface area contributed by atoms with Gasteiger partial charge in [-0.15, -0.1) is 0 Å². The van der Waals surface area contributed by atoms with Crippen LogP contribution in [-0.2, 0) is 25.2 Å². The number of fused-ring (bicyclic) bond motifs is 1. The first-order chi connectivity index (χ1) is 11.3. The van der Waals surface area contributed by atoms with Crippen LogP contribution in [0.15, 0.2) is 53.4 Å². The van der Waals surface area contributed by atoms with Crippen molar-refractivity contribution in [3.8, 4) is 0 Å². The van der Waals surface area contributed by atoms with Crippen molar-refractivity contribution < 1.29 is 23.1 Å². The highest BCUT2D eigenvalue weighted by Gasteiger charge is 2.53. The fourth-order valence-corrected chi connectivity index (χ4v) is 4.47. The number of nitrogens with one attached hydrogen (secondary N) is 1. The topological polar surface area (TPSA) is 92.7 Å². The van der Waals surface area contributed by atoms with Gasteiger partial charge in [-0.25, -0.2) is 8.42 Å². The Bertz CT molecular complexity index is 900. The van der Waals surface area contributed by atoms with Gasteiger partial charge in [0.05, 0.1) is 12.0 Å². The zero-order valence-electron chi connectivity index (χ0n) is 12.6. The van der Waals surface area contributed by atoms with Crippen molar-refractivity contribution in [3.63, 3.8) is 0 Å². The smallest absolute Gasteiger partial charge is 0.327 e. The van der Waals surface area contributed by atoms with Crippen molar-refractivity contribution >= 4 is 27.6 Å². The summed E-state index contributed by atoms with van der Waals surface area (Å²) < 4.78 is 31.8. The van der Waals surface area contributed by atoms with Gasteiger partial charge in [0.2, 0.25) is 10.0 Å². The molecule has 0 bridgehead atoms. The number of ether oxygens (including phenoxy) is 1. The predicted molar refractivity (Wildman–Crippen MR) is 87.0 cm³/mol. The largest absolute Gasteiger partial charge is 0.468 e. The van der Waals surface area contributed by atoms with Gasteiger partial charge in [0.1, 0.15) is 5.60 Å². The number of methoxy groups -OCH3 is 1. The fraction of sp³-hybridized carbons (Fsp3) is 0.188. The maximum atomic E-state index is 12.5. The standard InChI is InChI=1S/C16H14ClNO5S/c1-23-15(19)14-16(20,10-5-3-2-4-6-10)12-9-11(17)7-8-13(12)24(21,22)18-14/h2-9,14,18,20H,1H3/t14-,16-/m0/s1. The summed E-state index contributed by atoms with van der Waals surface area (Å²) in [5.74, 6) is -0.907. The second-order valence-corrected chi connectivity index (χ2v) is 7.47. The Morgan fingerprint density at radius 1 is 1.25 bits per heavy atom. The number of carbonyl (C=O) groups is 1. The molecule has 0 radical (unpaired) electrons. The summed E-state index contributed by atoms with van der Waals surface area (Å²) in [4.78, 5) is 12.1. The van der Waals surface area contributed by atoms with Crippen LogP contribution in [0.1, 0.15) is 11.1 Å². The molecule has 0 aliphatic carbocycles. The van der Waals surface area contributed by atoms with Crippen LogP contribution in [0.4, 0.5) is 0 Å². The Kier molecular flexibility index (Phi) is 4.13. The molecule has 1 aliphatic rings. The van der Waals surface area contributed by atoms with Gasteiger partial charge in [-0.1, -0.05) is 41.9 Å². The Hall–Kier alpha value is -1.93. The highest BCUT2D eigenvalue weighted by Crippen LogP contribution is 2.42. The minimum atomic E-state index is -4.01. The molecule has 126 valence electrons. The molecule has 0 amide bonds. The van der Waals surface area contributed by atoms with Crippen LogP contribution < -0.4 is 4.72 Å². The van der Waals surface area contributed by atoms with Gasteiger partial charge >= 0.3 is 5.97 Å². The first-order valence-electron chi connectivity index (χ1n) is 6.99. The van der Waals surface area contributed by atoms with Crippen molar-refractivity contribution in [1.29, 1.82) is 0 Å². The van der Waals surface area contributed by atoms with Gasteiger partial charge in [0.15, 0.2) is 6.04 Å². The Morgan fingerprint density at radius 2 is 1.92 bits per heavy atom. The summed E-state index contributed by atoms with van der Waals surface area (Å²) in [5.41, 5.74) is -1.60. The summed E-state index contributed by atoms with van der Waals surface area (Å²) >= 11 is 6.00. The van der Waals surface area contributed by atoms with Gasteiger partial charge in [0.25, 0.3) is 0 Å². The molecule has 0 unspecified atom stereocenters. The molecule has 2 atom stereocenters. The summed E-state index contributed by atoms with van der Waals surface area (Å²) in [7, 11) is -2.89. The number of hydrogen-bond donors (Lipinski definition) is 2. The number of hydrogen-bond acceptors (Lipinski definition) is 5. The molecule has 8 heteroatoms. The van der Waals surface area contributed by atoms with Crippen molar-refractivity contribution in [3.05, 3.63) is 64.7 Å². The third-order valence-electron chi connectivity index (χ3n) is 3.98. The number of benzene rings is 2. The molecule has 2 N–H and O–H groups in total. The fourth-order valence-electron chi connectivity index (χ4n) is 2.84. The predicted octanol–water partition coefficient (Wildman–Crippen LogP) is 1.41. The SMILES string of the molecule is COC(=O)[C@@H]1NS(=O)(=O)c2ccc(Cl)cc2[C@@]1(O)c1ccccc1. The van der Waals surface area contributed by atoms with Gasteiger partial charge in [-0.2, -0.15) is 4.72 Å². The van der Waals surface area contributed by atoms with Crippen LogP contribution in [0.3, 0.4) is 0 Å². The summed E-state index contributed by atoms with van der Waals surface area (Å²) in [6, 6.07) is 10.8. The average molecular weight is 368 g/mol. The minimum absolute atomic E-state index is 0.0235. The van der Waals surface area contributed by atoms with Crippen molar-refractivity contribution in [2.24, 2.45) is 0 Å². The summed E-state index contributed by atoms with van der Waals surface area (Å²) in [5, 5.41) is 11.7. The van der Waals surface area contributed by atoms with Crippen LogP contribution in [-0.4, -0.2) is 32.6 Å². The van der Waals surface area contributed by atoms with Gasteiger partial charge < -0.3 is 9.84 Å². The zero-order chi connectivity index (χ0) is 17.5. The van der Waals surface area contributed by atoms with E-state index in [1.807, 2.05) is 0 Å². The van der Waals surface area contributed by atoms with Crippen LogP contribution in [0, 0.1) is 0 Å². The summed E-state index contributed by atoms with van der Waals surface area (Å²) in [6.45, 7) is 0. The van der Waals surface area contributed by atoms with Gasteiger partial charge in [-0.3, -0.25) is 4.79 Å². The monoisotopic (exact) mass is 367 g/mol. The lowest BCUT2D eigenvalue weighted by Gasteiger charge is -2.40. The van der Waals surface area contributed by atoms with E-state index < -0.39 is 27.6 Å². The van der Waals surface area contributed by atoms with Crippen molar-refractivity contribution in [2.45, 2.75) is 16.5 Å². The molecule has 0 saturated carbocycles. The lowest BCUT2D eigenvalue weighted by molar-refractivity contribution is -0.149. The first-order valence-corrected chi connectivity index (χ1v) is 8.85. The number of carbonyl (C=O) groups excluding carboxylic acids is 1. The molecular formula is C16H14ClNO5S. The molecule has 0 fully saturated rings. The second-order valence-electron chi connectivity index (χ2n) is 5.35. The molecule has 1 aliphatic heterocycles. The molecule has 2 aromatic carbocycles. The zero-order valence-corrected chi connectivity index (χ0v) is 14.1. The molecule has 0 saturated heterocycles. The quantitative estimate of drug-likeness (QED) is 0.783. The van der Waals surface area contributed by atoms with E-state index in [0.717, 1.165) is 7.11 Å². The molecule has 2 aromatic rings. The van der Waals surface area contributed by atoms with Crippen LogP contribution in [0.5, 0.6) is 0 Å². The molecule has 0 spiro atoms. The molecule has 1 heterocycles. The lowest BCUT2D eigenvalue weighted by Crippen LogP contribution is -2.59. The van der Waals surface area contributed by atoms with E-state index in [2.05, 4.69) is 9.46 Å². The molecule has 0 aromatic heterocycles. The minimum Gasteiger partial charge on any atom is -0.468 e. The number of sulfonamides is 1. The van der Waals surface area contributed by atoms with E-state index in [9.17, 15) is 18.3 Å². The van der Waals surface area contributed by atoms with E-state index in [1.54, 1.807) is 30.3 Å². The average Bonchev–Trinajstić information content (AvgIpc) is 2.58. The Labute approximate surface area is 144 Å². The highest BCUT2D eigenvalue weighted by atomic mass is 35.5. The van der Waals surface area contributed by atoms with Crippen LogP contribution >= 0.6 is 11.6 Å². The number of aliphatic hydroxyl groups is 1. The first kappa shape index (κ1) is 16.9. The van der Waals surface area contributed by atoms with Gasteiger partial charge in [0, 0.05) is 10.6 Å². The van der Waals surface area contributed by atoms with E-state index in [1.165, 1.54) is 18.2 Å². The number of esters is 1. The normalized spacial score (nSPS) is 24.9. The van der Waals surface area contributed by atoms with Crippen LogP contribution in [0.2, 0.25) is 5.02 Å². The summed E-state index contributed by atoms with van der Waals surface area (Å²) in [6.07, 6.45) is 0. The maximum Gasteiger partial charge on any atom is 0.327 e. The molecular weight excluding hydrogens is 354 g/mol. The van der Waals surface area contributed by atoms with E-state index in [-0.39, 0.29) is 15.5 Å². The second kappa shape index (κ2) is 5.86. The third-order valence-corrected chi connectivity index (χ3v) is 5.70. The van der Waals surface area contributed by atoms with Crippen molar-refractivity contribution in [2.75, 3.05) is 7.11 Å². The lowest BCUT2D eigenvalue weighted by atomic mass is 9.80. The van der Waals surface area contributed by atoms with Crippen LogP contribution in [0.25, 0.3) is 0 Å². The molecule has 6 nitrogen and oxygen atoms in total. The van der Waals surface area contributed by atoms with E-state index in [4.69, 9.17) is 11.6 Å². The van der Waals surface area contributed by atoms with Gasteiger partial charge in [-0.05, 0) is 23.8 Å². The Balaban J connectivity index is 2.37.